The Balaban J connectivity index is 2.06. The van der Waals surface area contributed by atoms with Crippen LogP contribution in [0.25, 0.3) is 11.1 Å². The maximum absolute atomic E-state index is 14.0. The lowest BCUT2D eigenvalue weighted by atomic mass is 9.83. The van der Waals surface area contributed by atoms with Crippen molar-refractivity contribution < 1.29 is 17.9 Å². The lowest BCUT2D eigenvalue weighted by Gasteiger charge is -2.40. The number of halogens is 1. The molecule has 0 aromatic heterocycles. The number of carbonyl (C=O) groups excluding carboxylic acids is 1. The van der Waals surface area contributed by atoms with Crippen molar-refractivity contribution in [2.24, 2.45) is 0 Å². The van der Waals surface area contributed by atoms with Gasteiger partial charge in [0.2, 0.25) is 0 Å². The molecule has 0 radical (unpaired) electrons. The number of anilines is 1. The number of sulfonamides is 1. The molecule has 1 aliphatic heterocycles. The Bertz CT molecular complexity index is 1320. The SMILES string of the molecule is COC(=O)CC1c2c(C)ccc(C)c2-c2cc(Cl)ccc2N1S(=O)(=O)c1ccc(C)cc1. The van der Waals surface area contributed by atoms with Gasteiger partial charge in [0.15, 0.2) is 0 Å². The summed E-state index contributed by atoms with van der Waals surface area (Å²) in [6.45, 7) is 5.80. The first kappa shape index (κ1) is 22.4. The molecule has 7 heteroatoms. The molecular weight excluding hydrogens is 446 g/mol. The summed E-state index contributed by atoms with van der Waals surface area (Å²) in [5.74, 6) is -0.483. The van der Waals surface area contributed by atoms with Gasteiger partial charge in [-0.3, -0.25) is 9.10 Å². The van der Waals surface area contributed by atoms with E-state index in [1.807, 2.05) is 32.9 Å². The second-order valence-corrected chi connectivity index (χ2v) is 10.3. The highest BCUT2D eigenvalue weighted by atomic mass is 35.5. The van der Waals surface area contributed by atoms with Crippen molar-refractivity contribution in [3.8, 4) is 11.1 Å². The Morgan fingerprint density at radius 1 is 1.00 bits per heavy atom. The quantitative estimate of drug-likeness (QED) is 0.457. The molecule has 1 heterocycles. The van der Waals surface area contributed by atoms with Crippen molar-refractivity contribution in [3.63, 3.8) is 0 Å². The van der Waals surface area contributed by atoms with Crippen molar-refractivity contribution in [2.45, 2.75) is 38.1 Å². The second-order valence-electron chi connectivity index (χ2n) is 8.06. The molecule has 3 aromatic carbocycles. The molecule has 4 rings (SSSR count). The smallest absolute Gasteiger partial charge is 0.307 e. The monoisotopic (exact) mass is 469 g/mol. The molecule has 3 aromatic rings. The number of ether oxygens (including phenoxy) is 1. The van der Waals surface area contributed by atoms with Gasteiger partial charge in [-0.05, 0) is 73.4 Å². The summed E-state index contributed by atoms with van der Waals surface area (Å²) in [4.78, 5) is 12.6. The van der Waals surface area contributed by atoms with Crippen LogP contribution in [0.1, 0.15) is 34.7 Å². The van der Waals surface area contributed by atoms with E-state index in [9.17, 15) is 13.2 Å². The minimum absolute atomic E-state index is 0.110. The fourth-order valence-electron chi connectivity index (χ4n) is 4.35. The first-order valence-corrected chi connectivity index (χ1v) is 12.0. The third-order valence-electron chi connectivity index (χ3n) is 5.92. The van der Waals surface area contributed by atoms with Gasteiger partial charge in [0.25, 0.3) is 10.0 Å². The maximum Gasteiger partial charge on any atom is 0.307 e. The highest BCUT2D eigenvalue weighted by molar-refractivity contribution is 7.92. The maximum atomic E-state index is 14.0. The molecule has 1 atom stereocenters. The van der Waals surface area contributed by atoms with Crippen LogP contribution in [0.4, 0.5) is 5.69 Å². The van der Waals surface area contributed by atoms with E-state index >= 15 is 0 Å². The fourth-order valence-corrected chi connectivity index (χ4v) is 6.16. The molecule has 1 unspecified atom stereocenters. The standard InChI is InChI=1S/C25H24ClNO4S/c1-15-5-10-19(11-6-15)32(29,30)27-21-12-9-18(26)13-20(21)24-16(2)7-8-17(3)25(24)22(27)14-23(28)31-4/h5-13,22H,14H2,1-4H3. The highest BCUT2D eigenvalue weighted by Crippen LogP contribution is 2.51. The lowest BCUT2D eigenvalue weighted by molar-refractivity contribution is -0.141. The van der Waals surface area contributed by atoms with E-state index in [0.717, 1.165) is 33.4 Å². The van der Waals surface area contributed by atoms with E-state index in [1.165, 1.54) is 11.4 Å². The first-order chi connectivity index (χ1) is 15.1. The van der Waals surface area contributed by atoms with Gasteiger partial charge in [0.05, 0.1) is 30.2 Å². The van der Waals surface area contributed by atoms with Crippen molar-refractivity contribution >= 4 is 33.3 Å². The van der Waals surface area contributed by atoms with Gasteiger partial charge < -0.3 is 4.74 Å². The summed E-state index contributed by atoms with van der Waals surface area (Å²) in [5, 5.41) is 0.509. The van der Waals surface area contributed by atoms with Gasteiger partial charge in [-0.15, -0.1) is 0 Å². The van der Waals surface area contributed by atoms with Crippen molar-refractivity contribution in [2.75, 3.05) is 11.4 Å². The third kappa shape index (κ3) is 3.67. The molecule has 0 N–H and O–H groups in total. The van der Waals surface area contributed by atoms with E-state index in [2.05, 4.69) is 0 Å². The molecule has 0 spiro atoms. The van der Waals surface area contributed by atoms with E-state index in [-0.39, 0.29) is 11.3 Å². The van der Waals surface area contributed by atoms with E-state index < -0.39 is 22.0 Å². The van der Waals surface area contributed by atoms with Crippen LogP contribution in [0.5, 0.6) is 0 Å². The van der Waals surface area contributed by atoms with E-state index in [0.29, 0.717) is 10.7 Å². The first-order valence-electron chi connectivity index (χ1n) is 10.2. The number of carbonyl (C=O) groups is 1. The van der Waals surface area contributed by atoms with Crippen LogP contribution in [0, 0.1) is 20.8 Å². The number of hydrogen-bond donors (Lipinski definition) is 0. The topological polar surface area (TPSA) is 63.7 Å². The summed E-state index contributed by atoms with van der Waals surface area (Å²) in [6, 6.07) is 15.1. The Labute approximate surface area is 193 Å². The van der Waals surface area contributed by atoms with Gasteiger partial charge in [0.1, 0.15) is 0 Å². The number of fused-ring (bicyclic) bond motifs is 3. The van der Waals surface area contributed by atoms with Gasteiger partial charge in [-0.2, -0.15) is 0 Å². The van der Waals surface area contributed by atoms with Gasteiger partial charge in [-0.25, -0.2) is 8.42 Å². The molecular formula is C25H24ClNO4S. The third-order valence-corrected chi connectivity index (χ3v) is 7.99. The molecule has 0 fully saturated rings. The normalized spacial score (nSPS) is 15.2. The molecule has 166 valence electrons. The number of rotatable bonds is 4. The zero-order valence-corrected chi connectivity index (χ0v) is 19.9. The van der Waals surface area contributed by atoms with E-state index in [4.69, 9.17) is 16.3 Å². The molecule has 0 saturated carbocycles. The van der Waals surface area contributed by atoms with E-state index in [1.54, 1.807) is 42.5 Å². The van der Waals surface area contributed by atoms with Crippen LogP contribution in [0.3, 0.4) is 0 Å². The fraction of sp³-hybridized carbons (Fsp3) is 0.240. The average Bonchev–Trinajstić information content (AvgIpc) is 2.75. The molecule has 32 heavy (non-hydrogen) atoms. The van der Waals surface area contributed by atoms with Crippen LogP contribution in [-0.2, 0) is 19.6 Å². The Morgan fingerprint density at radius 2 is 1.66 bits per heavy atom. The Kier molecular flexibility index (Phi) is 5.77. The van der Waals surface area contributed by atoms with Crippen LogP contribution in [-0.4, -0.2) is 21.5 Å². The van der Waals surface area contributed by atoms with Gasteiger partial charge in [0, 0.05) is 10.6 Å². The summed E-state index contributed by atoms with van der Waals surface area (Å²) >= 11 is 6.33. The summed E-state index contributed by atoms with van der Waals surface area (Å²) in [7, 11) is -2.69. The van der Waals surface area contributed by atoms with Crippen LogP contribution in [0.2, 0.25) is 5.02 Å². The number of aryl methyl sites for hydroxylation is 3. The van der Waals surface area contributed by atoms with Gasteiger partial charge >= 0.3 is 5.97 Å². The zero-order valence-electron chi connectivity index (χ0n) is 18.3. The largest absolute Gasteiger partial charge is 0.469 e. The molecule has 1 aliphatic rings. The summed E-state index contributed by atoms with van der Waals surface area (Å²) < 4.78 is 34.2. The Hall–Kier alpha value is -2.83. The molecule has 0 saturated heterocycles. The zero-order chi connectivity index (χ0) is 23.2. The lowest BCUT2D eigenvalue weighted by Crippen LogP contribution is -2.39. The molecule has 0 bridgehead atoms. The minimum Gasteiger partial charge on any atom is -0.469 e. The summed E-state index contributed by atoms with van der Waals surface area (Å²) in [5.41, 5.74) is 5.76. The van der Waals surface area contributed by atoms with Gasteiger partial charge in [-0.1, -0.05) is 41.4 Å². The number of benzene rings is 3. The highest BCUT2D eigenvalue weighted by Gasteiger charge is 2.41. The molecule has 5 nitrogen and oxygen atoms in total. The van der Waals surface area contributed by atoms with Crippen molar-refractivity contribution in [1.29, 1.82) is 0 Å². The minimum atomic E-state index is -4.00. The Morgan fingerprint density at radius 3 is 2.31 bits per heavy atom. The van der Waals surface area contributed by atoms with Crippen LogP contribution < -0.4 is 4.31 Å². The van der Waals surface area contributed by atoms with Crippen LogP contribution >= 0.6 is 11.6 Å². The van der Waals surface area contributed by atoms with Crippen molar-refractivity contribution in [3.05, 3.63) is 81.9 Å². The molecule has 0 aliphatic carbocycles. The second kappa shape index (κ2) is 8.26. The van der Waals surface area contributed by atoms with Crippen molar-refractivity contribution in [1.82, 2.24) is 0 Å². The molecule has 0 amide bonds. The number of nitrogens with zero attached hydrogens (tertiary/aromatic N) is 1. The number of methoxy groups -OCH3 is 1. The number of hydrogen-bond acceptors (Lipinski definition) is 4. The predicted molar refractivity (Wildman–Crippen MR) is 127 cm³/mol. The van der Waals surface area contributed by atoms with Crippen LogP contribution in [0.15, 0.2) is 59.5 Å². The predicted octanol–water partition coefficient (Wildman–Crippen LogP) is 5.75. The summed E-state index contributed by atoms with van der Waals surface area (Å²) in [6.07, 6.45) is -0.110. The average molecular weight is 470 g/mol. The number of esters is 1.